The molecule has 41 heavy (non-hydrogen) atoms. The number of alkyl halides is 1. The standard InChI is InChI=1S/C26H35N7O.C3H5ClO.C2H6/c1-9-18-19(17-33(7)23(18)10-2)20-11-12-28-26(29-20)30-22-15-21(27-3)24(16-25(22)34-8)32(6)14-13-31(4)5;4-2-1-3-5;1-2/h9-12,15-17,27H,1-2,13-14H2,3-8H3,(H,28,29,30);3H,1-2H2;1-2H3. The lowest BCUT2D eigenvalue weighted by Gasteiger charge is -2.25. The first-order valence-electron chi connectivity index (χ1n) is 13.5. The highest BCUT2D eigenvalue weighted by molar-refractivity contribution is 6.18. The number of rotatable bonds is 13. The smallest absolute Gasteiger partial charge is 0.227 e. The van der Waals surface area contributed by atoms with Crippen molar-refractivity contribution in [1.29, 1.82) is 0 Å². The van der Waals surface area contributed by atoms with Crippen LogP contribution in [0.3, 0.4) is 0 Å². The molecule has 224 valence electrons. The van der Waals surface area contributed by atoms with Gasteiger partial charge in [-0.3, -0.25) is 0 Å². The molecule has 0 saturated heterocycles. The van der Waals surface area contributed by atoms with Crippen LogP contribution in [0, 0.1) is 0 Å². The predicted octanol–water partition coefficient (Wildman–Crippen LogP) is 6.40. The average Bonchev–Trinajstić information content (AvgIpc) is 3.32. The molecule has 0 radical (unpaired) electrons. The summed E-state index contributed by atoms with van der Waals surface area (Å²) in [7, 11) is 11.8. The Labute approximate surface area is 250 Å². The second-order valence-corrected chi connectivity index (χ2v) is 9.32. The number of carbonyl (C=O) groups excluding carboxylic acids is 1. The highest BCUT2D eigenvalue weighted by Gasteiger charge is 2.16. The Kier molecular flexibility index (Phi) is 15.9. The summed E-state index contributed by atoms with van der Waals surface area (Å²) in [5, 5.41) is 6.63. The van der Waals surface area contributed by atoms with Gasteiger partial charge >= 0.3 is 0 Å². The van der Waals surface area contributed by atoms with Gasteiger partial charge in [0.25, 0.3) is 0 Å². The second kappa shape index (κ2) is 18.5. The van der Waals surface area contributed by atoms with Crippen LogP contribution in [0.2, 0.25) is 0 Å². The van der Waals surface area contributed by atoms with Gasteiger partial charge in [0, 0.05) is 81.8 Å². The normalized spacial score (nSPS) is 10.0. The van der Waals surface area contributed by atoms with Crippen LogP contribution >= 0.6 is 11.6 Å². The zero-order chi connectivity index (χ0) is 30.9. The number of halogens is 1. The van der Waals surface area contributed by atoms with Gasteiger partial charge in [0.05, 0.1) is 29.9 Å². The number of aldehydes is 1. The van der Waals surface area contributed by atoms with E-state index in [1.165, 1.54) is 0 Å². The topological polar surface area (TPSA) is 87.6 Å². The summed E-state index contributed by atoms with van der Waals surface area (Å²) in [6.07, 6.45) is 8.69. The predicted molar refractivity (Wildman–Crippen MR) is 177 cm³/mol. The van der Waals surface area contributed by atoms with Crippen LogP contribution in [-0.4, -0.2) is 80.0 Å². The summed E-state index contributed by atoms with van der Waals surface area (Å²) >= 11 is 5.07. The van der Waals surface area contributed by atoms with Gasteiger partial charge in [-0.25, -0.2) is 9.97 Å². The number of methoxy groups -OCH3 is 1. The fourth-order valence-electron chi connectivity index (χ4n) is 3.89. The van der Waals surface area contributed by atoms with Gasteiger partial charge in [0.15, 0.2) is 0 Å². The van der Waals surface area contributed by atoms with Crippen molar-refractivity contribution in [3.63, 3.8) is 0 Å². The van der Waals surface area contributed by atoms with Crippen molar-refractivity contribution >= 4 is 53.0 Å². The Balaban J connectivity index is 0.00000108. The van der Waals surface area contributed by atoms with Gasteiger partial charge in [0.2, 0.25) is 5.95 Å². The van der Waals surface area contributed by atoms with E-state index in [9.17, 15) is 4.79 Å². The number of ether oxygens (including phenoxy) is 1. The molecule has 0 aliphatic carbocycles. The summed E-state index contributed by atoms with van der Waals surface area (Å²) in [6.45, 7) is 13.7. The summed E-state index contributed by atoms with van der Waals surface area (Å²) in [5.41, 5.74) is 6.56. The van der Waals surface area contributed by atoms with Crippen molar-refractivity contribution in [2.75, 3.05) is 69.8 Å². The Morgan fingerprint density at radius 3 is 2.34 bits per heavy atom. The number of likely N-dealkylation sites (N-methyl/N-ethyl adjacent to an activating group) is 2. The summed E-state index contributed by atoms with van der Waals surface area (Å²) < 4.78 is 7.72. The molecule has 0 atom stereocenters. The van der Waals surface area contributed by atoms with Gasteiger partial charge < -0.3 is 34.5 Å². The second-order valence-electron chi connectivity index (χ2n) is 8.94. The van der Waals surface area contributed by atoms with E-state index in [1.54, 1.807) is 13.3 Å². The van der Waals surface area contributed by atoms with Gasteiger partial charge in [-0.15, -0.1) is 11.6 Å². The largest absolute Gasteiger partial charge is 0.494 e. The first-order chi connectivity index (χ1) is 19.7. The summed E-state index contributed by atoms with van der Waals surface area (Å²) in [5.74, 6) is 1.63. The molecule has 2 aromatic heterocycles. The van der Waals surface area contributed by atoms with E-state index >= 15 is 0 Å². The van der Waals surface area contributed by atoms with Crippen molar-refractivity contribution < 1.29 is 9.53 Å². The lowest BCUT2D eigenvalue weighted by molar-refractivity contribution is -0.107. The monoisotopic (exact) mass is 583 g/mol. The van der Waals surface area contributed by atoms with Crippen LogP contribution in [0.5, 0.6) is 5.75 Å². The maximum atomic E-state index is 9.32. The minimum absolute atomic E-state index is 0.448. The number of aromatic nitrogens is 3. The Morgan fingerprint density at radius 2 is 1.83 bits per heavy atom. The lowest BCUT2D eigenvalue weighted by atomic mass is 10.1. The molecular weight excluding hydrogens is 538 g/mol. The molecule has 3 aromatic rings. The van der Waals surface area contributed by atoms with E-state index in [4.69, 9.17) is 21.3 Å². The van der Waals surface area contributed by atoms with Crippen molar-refractivity contribution in [2.24, 2.45) is 7.05 Å². The number of hydrogen-bond acceptors (Lipinski definition) is 8. The van der Waals surface area contributed by atoms with Crippen molar-refractivity contribution in [3.8, 4) is 17.0 Å². The number of anilines is 4. The highest BCUT2D eigenvalue weighted by atomic mass is 35.5. The molecule has 0 aliphatic rings. The molecule has 1 aromatic carbocycles. The number of nitrogens with zero attached hydrogens (tertiary/aromatic N) is 5. The molecule has 0 bridgehead atoms. The van der Waals surface area contributed by atoms with Crippen molar-refractivity contribution in [3.05, 3.63) is 55.0 Å². The number of benzene rings is 1. The van der Waals surface area contributed by atoms with Crippen LogP contribution in [0.15, 0.2) is 43.8 Å². The molecule has 9 nitrogen and oxygen atoms in total. The van der Waals surface area contributed by atoms with E-state index in [0.717, 1.165) is 59.0 Å². The molecular formula is C31H46ClN7O2. The minimum atomic E-state index is 0.448. The third-order valence-corrected chi connectivity index (χ3v) is 6.17. The third-order valence-electron chi connectivity index (χ3n) is 5.95. The van der Waals surface area contributed by atoms with Gasteiger partial charge in [-0.2, -0.15) is 0 Å². The Hall–Kier alpha value is -3.82. The lowest BCUT2D eigenvalue weighted by Crippen LogP contribution is -2.29. The number of nitrogens with one attached hydrogen (secondary N) is 2. The number of hydrogen-bond donors (Lipinski definition) is 2. The zero-order valence-corrected chi connectivity index (χ0v) is 26.5. The van der Waals surface area contributed by atoms with Crippen LogP contribution in [0.4, 0.5) is 23.0 Å². The van der Waals surface area contributed by atoms with E-state index < -0.39 is 0 Å². The van der Waals surface area contributed by atoms with Crippen LogP contribution in [0.1, 0.15) is 31.5 Å². The van der Waals surface area contributed by atoms with Gasteiger partial charge in [-0.05, 0) is 32.3 Å². The average molecular weight is 584 g/mol. The highest BCUT2D eigenvalue weighted by Crippen LogP contribution is 2.38. The van der Waals surface area contributed by atoms with Crippen LogP contribution in [0.25, 0.3) is 23.4 Å². The van der Waals surface area contributed by atoms with Crippen molar-refractivity contribution in [1.82, 2.24) is 19.4 Å². The molecule has 2 N–H and O–H groups in total. The Morgan fingerprint density at radius 1 is 1.12 bits per heavy atom. The Bertz CT molecular complexity index is 1260. The van der Waals surface area contributed by atoms with Gasteiger partial charge in [-0.1, -0.05) is 33.1 Å². The molecule has 0 aliphatic heterocycles. The maximum absolute atomic E-state index is 9.32. The van der Waals surface area contributed by atoms with E-state index in [1.807, 2.05) is 69.1 Å². The SMILES string of the molecule is C=Cc1c(-c2ccnc(Nc3cc(NC)c(N(C)CCN(C)C)cc3OC)n2)cn(C)c1C=C.CC.O=CCCCl. The first kappa shape index (κ1) is 35.2. The molecule has 0 spiro atoms. The zero-order valence-electron chi connectivity index (χ0n) is 25.8. The molecule has 0 unspecified atom stereocenters. The van der Waals surface area contributed by atoms with E-state index in [-0.39, 0.29) is 0 Å². The molecule has 0 fully saturated rings. The third kappa shape index (κ3) is 9.95. The number of carbonyl (C=O) groups is 1. The fraction of sp³-hybridized carbons (Fsp3) is 0.387. The minimum Gasteiger partial charge on any atom is -0.494 e. The molecule has 3 rings (SSSR count). The van der Waals surface area contributed by atoms with E-state index in [0.29, 0.717) is 24.0 Å². The summed E-state index contributed by atoms with van der Waals surface area (Å²) in [4.78, 5) is 22.9. The van der Waals surface area contributed by atoms with Crippen LogP contribution in [-0.2, 0) is 11.8 Å². The van der Waals surface area contributed by atoms with E-state index in [2.05, 4.69) is 59.7 Å². The molecule has 0 amide bonds. The maximum Gasteiger partial charge on any atom is 0.227 e. The number of aryl methyl sites for hydroxylation is 1. The molecule has 10 heteroatoms. The summed E-state index contributed by atoms with van der Waals surface area (Å²) in [6, 6.07) is 5.93. The van der Waals surface area contributed by atoms with Crippen molar-refractivity contribution in [2.45, 2.75) is 20.3 Å². The van der Waals surface area contributed by atoms with Gasteiger partial charge in [0.1, 0.15) is 12.0 Å². The fourth-order valence-corrected chi connectivity index (χ4v) is 3.98. The quantitative estimate of drug-likeness (QED) is 0.176. The molecule has 2 heterocycles. The van der Waals surface area contributed by atoms with Crippen LogP contribution < -0.4 is 20.3 Å². The molecule has 0 saturated carbocycles. The first-order valence-corrected chi connectivity index (χ1v) is 14.1.